The monoisotopic (exact) mass is 600 g/mol. The minimum Gasteiger partial charge on any atom is -0.496 e. The molecule has 1 saturated carbocycles. The fourth-order valence-corrected chi connectivity index (χ4v) is 5.69. The zero-order valence-electron chi connectivity index (χ0n) is 24.0. The van der Waals surface area contributed by atoms with Crippen LogP contribution in [0.1, 0.15) is 44.9 Å². The van der Waals surface area contributed by atoms with Crippen molar-refractivity contribution in [3.63, 3.8) is 0 Å². The van der Waals surface area contributed by atoms with E-state index < -0.39 is 35.2 Å². The first kappa shape index (κ1) is 28.9. The Labute approximate surface area is 250 Å². The highest BCUT2D eigenvalue weighted by atomic mass is 19.1. The normalized spacial score (nSPS) is 17.6. The molecule has 2 heterocycles. The summed E-state index contributed by atoms with van der Waals surface area (Å²) in [7, 11) is 2.82. The number of nitrogens with one attached hydrogen (secondary N) is 2. The van der Waals surface area contributed by atoms with Crippen LogP contribution in [0, 0.1) is 18.6 Å². The summed E-state index contributed by atoms with van der Waals surface area (Å²) in [6.07, 6.45) is 1.94. The van der Waals surface area contributed by atoms with Crippen LogP contribution in [-0.2, 0) is 5.54 Å². The van der Waals surface area contributed by atoms with E-state index in [0.717, 1.165) is 0 Å². The van der Waals surface area contributed by atoms with Gasteiger partial charge >= 0.3 is 0 Å². The molecule has 0 atom stereocenters. The summed E-state index contributed by atoms with van der Waals surface area (Å²) in [6, 6.07) is 13.1. The van der Waals surface area contributed by atoms with E-state index in [1.165, 1.54) is 69.0 Å². The lowest BCUT2D eigenvalue weighted by Gasteiger charge is -2.43. The quantitative estimate of drug-likeness (QED) is 0.228. The molecule has 11 heteroatoms. The summed E-state index contributed by atoms with van der Waals surface area (Å²) in [5.41, 5.74) is 0.515. The Morgan fingerprint density at radius 2 is 1.70 bits per heavy atom. The average molecular weight is 601 g/mol. The zero-order valence-corrected chi connectivity index (χ0v) is 24.0. The van der Waals surface area contributed by atoms with Gasteiger partial charge in [0.05, 0.1) is 23.6 Å². The molecular weight excluding hydrogens is 573 g/mol. The number of benzene rings is 3. The second-order valence-electron chi connectivity index (χ2n) is 10.7. The molecule has 0 saturated heterocycles. The van der Waals surface area contributed by atoms with E-state index in [1.54, 1.807) is 19.1 Å². The van der Waals surface area contributed by atoms with Crippen molar-refractivity contribution in [2.75, 3.05) is 14.2 Å². The number of carbonyl (C=O) groups is 2. The standard InChI is InChI=1S/C33H27F3N4O4/c1-17-13-25(43-3)23(30(41)40-33(15-20(35)16-33)32-38-11-4-12-39-32)14-22(17)21-9-10-24-26(28(21)36)27(31(42)37-2)29(44-24)18-5-7-19(34)8-6-18/h4-14,20H,15-16H2,1-3H3,(H,37,42)(H,40,41). The fraction of sp³-hybridized carbons (Fsp3) is 0.212. The van der Waals surface area contributed by atoms with Crippen molar-refractivity contribution < 1.29 is 31.9 Å². The molecule has 0 spiro atoms. The van der Waals surface area contributed by atoms with E-state index in [0.29, 0.717) is 22.5 Å². The van der Waals surface area contributed by atoms with Crippen LogP contribution in [0.4, 0.5) is 13.2 Å². The van der Waals surface area contributed by atoms with Gasteiger partial charge in [-0.15, -0.1) is 0 Å². The Balaban J connectivity index is 1.46. The van der Waals surface area contributed by atoms with Gasteiger partial charge in [-0.25, -0.2) is 23.1 Å². The smallest absolute Gasteiger partial charge is 0.255 e. The number of nitrogens with zero attached hydrogens (tertiary/aromatic N) is 2. The number of rotatable bonds is 7. The summed E-state index contributed by atoms with van der Waals surface area (Å²) in [5.74, 6) is -1.77. The Morgan fingerprint density at radius 3 is 2.34 bits per heavy atom. The van der Waals surface area contributed by atoms with Gasteiger partial charge in [0.1, 0.15) is 40.4 Å². The molecule has 0 unspecified atom stereocenters. The second kappa shape index (κ2) is 11.1. The zero-order chi connectivity index (χ0) is 31.2. The molecule has 8 nitrogen and oxygen atoms in total. The molecule has 0 bridgehead atoms. The van der Waals surface area contributed by atoms with E-state index in [9.17, 15) is 18.4 Å². The number of halogens is 3. The van der Waals surface area contributed by atoms with Crippen molar-refractivity contribution in [3.8, 4) is 28.2 Å². The minimum absolute atomic E-state index is 0.00817. The van der Waals surface area contributed by atoms with Gasteiger partial charge in [0.25, 0.3) is 11.8 Å². The number of ether oxygens (including phenoxy) is 1. The minimum atomic E-state index is -1.13. The maximum absolute atomic E-state index is 16.5. The van der Waals surface area contributed by atoms with Crippen LogP contribution in [-0.4, -0.2) is 42.1 Å². The molecule has 6 rings (SSSR count). The number of carbonyl (C=O) groups excluding carboxylic acids is 2. The molecular formula is C33H27F3N4O4. The third kappa shape index (κ3) is 4.83. The predicted molar refractivity (Wildman–Crippen MR) is 157 cm³/mol. The van der Waals surface area contributed by atoms with Gasteiger partial charge in [-0.2, -0.15) is 0 Å². The molecule has 3 aromatic carbocycles. The highest BCUT2D eigenvalue weighted by Gasteiger charge is 2.49. The Morgan fingerprint density at radius 1 is 1.00 bits per heavy atom. The molecule has 1 fully saturated rings. The Kier molecular flexibility index (Phi) is 7.32. The number of hydrogen-bond donors (Lipinski definition) is 2. The van der Waals surface area contributed by atoms with E-state index >= 15 is 4.39 Å². The number of aryl methyl sites for hydroxylation is 1. The van der Waals surface area contributed by atoms with Crippen LogP contribution >= 0.6 is 0 Å². The van der Waals surface area contributed by atoms with E-state index in [2.05, 4.69) is 20.6 Å². The maximum atomic E-state index is 16.5. The number of fused-ring (bicyclic) bond motifs is 1. The van der Waals surface area contributed by atoms with Gasteiger partial charge in [-0.3, -0.25) is 9.59 Å². The number of methoxy groups -OCH3 is 1. The van der Waals surface area contributed by atoms with Gasteiger partial charge in [-0.1, -0.05) is 0 Å². The van der Waals surface area contributed by atoms with Gasteiger partial charge in [0, 0.05) is 43.4 Å². The van der Waals surface area contributed by atoms with Crippen molar-refractivity contribution in [3.05, 3.63) is 101 Å². The molecule has 0 aliphatic heterocycles. The average Bonchev–Trinajstić information content (AvgIpc) is 3.41. The summed E-state index contributed by atoms with van der Waals surface area (Å²) >= 11 is 0. The topological polar surface area (TPSA) is 106 Å². The Hall–Kier alpha value is -5.19. The number of amides is 2. The van der Waals surface area contributed by atoms with Crippen molar-refractivity contribution in [1.82, 2.24) is 20.6 Å². The van der Waals surface area contributed by atoms with Crippen molar-refractivity contribution in [2.24, 2.45) is 0 Å². The molecule has 0 radical (unpaired) electrons. The van der Waals surface area contributed by atoms with Gasteiger partial charge in [0.2, 0.25) is 0 Å². The third-order valence-corrected chi connectivity index (χ3v) is 7.92. The number of alkyl halides is 1. The Bertz CT molecular complexity index is 1900. The van der Waals surface area contributed by atoms with Crippen LogP contribution in [0.2, 0.25) is 0 Å². The predicted octanol–water partition coefficient (Wildman–Crippen LogP) is 6.27. The first-order valence-electron chi connectivity index (χ1n) is 13.8. The molecule has 1 aliphatic rings. The van der Waals surface area contributed by atoms with Crippen LogP contribution in [0.3, 0.4) is 0 Å². The molecule has 44 heavy (non-hydrogen) atoms. The van der Waals surface area contributed by atoms with Crippen LogP contribution in [0.25, 0.3) is 33.4 Å². The summed E-state index contributed by atoms with van der Waals surface area (Å²) < 4.78 is 55.7. The van der Waals surface area contributed by atoms with Crippen LogP contribution in [0.5, 0.6) is 5.75 Å². The van der Waals surface area contributed by atoms with Crippen LogP contribution < -0.4 is 15.4 Å². The summed E-state index contributed by atoms with van der Waals surface area (Å²) in [6.45, 7) is 1.74. The highest BCUT2D eigenvalue weighted by Crippen LogP contribution is 2.43. The first-order valence-corrected chi connectivity index (χ1v) is 13.8. The fourth-order valence-electron chi connectivity index (χ4n) is 5.69. The summed E-state index contributed by atoms with van der Waals surface area (Å²) in [4.78, 5) is 35.2. The summed E-state index contributed by atoms with van der Waals surface area (Å²) in [5, 5.41) is 5.35. The van der Waals surface area contributed by atoms with Crippen LogP contribution in [0.15, 0.2) is 71.4 Å². The molecule has 2 aromatic heterocycles. The third-order valence-electron chi connectivity index (χ3n) is 7.92. The van der Waals surface area contributed by atoms with E-state index in [4.69, 9.17) is 9.15 Å². The van der Waals surface area contributed by atoms with E-state index in [1.807, 2.05) is 0 Å². The van der Waals surface area contributed by atoms with Crippen molar-refractivity contribution in [2.45, 2.75) is 31.5 Å². The van der Waals surface area contributed by atoms with Crippen molar-refractivity contribution in [1.29, 1.82) is 0 Å². The first-order chi connectivity index (χ1) is 21.2. The number of hydrogen-bond acceptors (Lipinski definition) is 6. The number of furan rings is 1. The number of aromatic nitrogens is 2. The van der Waals surface area contributed by atoms with Crippen molar-refractivity contribution >= 4 is 22.8 Å². The van der Waals surface area contributed by atoms with E-state index in [-0.39, 0.29) is 52.0 Å². The highest BCUT2D eigenvalue weighted by molar-refractivity contribution is 6.12. The second-order valence-corrected chi connectivity index (χ2v) is 10.7. The molecule has 1 aliphatic carbocycles. The largest absolute Gasteiger partial charge is 0.496 e. The lowest BCUT2D eigenvalue weighted by molar-refractivity contribution is 0.0480. The SMILES string of the molecule is CNC(=O)c1c(-c2ccc(F)cc2)oc2ccc(-c3cc(C(=O)NC4(c5ncccn5)CC(F)C4)c(OC)cc3C)c(F)c12. The maximum Gasteiger partial charge on any atom is 0.255 e. The lowest BCUT2D eigenvalue weighted by Crippen LogP contribution is -2.56. The van der Waals surface area contributed by atoms with Gasteiger partial charge in [0.15, 0.2) is 5.82 Å². The molecule has 2 N–H and O–H groups in total. The molecule has 2 amide bonds. The van der Waals surface area contributed by atoms with Gasteiger partial charge in [-0.05, 0) is 72.6 Å². The lowest BCUT2D eigenvalue weighted by atomic mass is 9.74. The van der Waals surface area contributed by atoms with Gasteiger partial charge < -0.3 is 19.8 Å². The molecule has 5 aromatic rings. The molecule has 224 valence electrons.